The van der Waals surface area contributed by atoms with Gasteiger partial charge in [0.15, 0.2) is 0 Å². The summed E-state index contributed by atoms with van der Waals surface area (Å²) in [7, 11) is 0. The number of hydrogen-bond donors (Lipinski definition) is 1. The number of rotatable bonds is 0. The zero-order valence-electron chi connectivity index (χ0n) is 10.9. The van der Waals surface area contributed by atoms with Crippen LogP contribution in [0.25, 0.3) is 0 Å². The van der Waals surface area contributed by atoms with Gasteiger partial charge in [-0.05, 0) is 31.0 Å². The first kappa shape index (κ1) is 12.9. The SMILES string of the molecule is Cc1cc2c(c(C(F)(F)F)c1)COC1(C)CNCC21. The molecule has 1 aromatic rings. The third kappa shape index (κ3) is 1.96. The second-order valence-electron chi connectivity index (χ2n) is 5.66. The van der Waals surface area contributed by atoms with E-state index in [4.69, 9.17) is 4.74 Å². The molecule has 104 valence electrons. The summed E-state index contributed by atoms with van der Waals surface area (Å²) in [5.41, 5.74) is 0.831. The summed E-state index contributed by atoms with van der Waals surface area (Å²) in [6.45, 7) is 5.08. The highest BCUT2D eigenvalue weighted by molar-refractivity contribution is 5.45. The van der Waals surface area contributed by atoms with Crippen LogP contribution in [0, 0.1) is 6.92 Å². The Labute approximate surface area is 109 Å². The molecule has 2 atom stereocenters. The molecule has 0 spiro atoms. The van der Waals surface area contributed by atoms with Crippen LogP contribution in [0.3, 0.4) is 0 Å². The van der Waals surface area contributed by atoms with Crippen LogP contribution in [-0.2, 0) is 17.5 Å². The van der Waals surface area contributed by atoms with Gasteiger partial charge >= 0.3 is 6.18 Å². The van der Waals surface area contributed by atoms with Crippen molar-refractivity contribution >= 4 is 0 Å². The minimum Gasteiger partial charge on any atom is -0.369 e. The predicted molar refractivity (Wildman–Crippen MR) is 65.0 cm³/mol. The first-order valence-corrected chi connectivity index (χ1v) is 6.36. The smallest absolute Gasteiger partial charge is 0.369 e. The number of halogens is 3. The fourth-order valence-electron chi connectivity index (χ4n) is 3.20. The number of alkyl halides is 3. The highest BCUT2D eigenvalue weighted by Gasteiger charge is 2.47. The molecule has 2 aliphatic heterocycles. The molecule has 2 heterocycles. The standard InChI is InChI=1S/C14H16F3NO/c1-8-3-9-10(11(4-8)14(15,16)17)6-19-13(2)7-18-5-12(9)13/h3-4,12,18H,5-7H2,1-2H3. The maximum absolute atomic E-state index is 13.1. The molecule has 0 amide bonds. The number of hydrogen-bond acceptors (Lipinski definition) is 2. The molecule has 0 bridgehead atoms. The van der Waals surface area contributed by atoms with Crippen molar-refractivity contribution in [3.8, 4) is 0 Å². The van der Waals surface area contributed by atoms with E-state index in [9.17, 15) is 13.2 Å². The Bertz CT molecular complexity index is 526. The van der Waals surface area contributed by atoms with Gasteiger partial charge in [0.05, 0.1) is 17.8 Å². The Hall–Kier alpha value is -1.07. The van der Waals surface area contributed by atoms with E-state index in [-0.39, 0.29) is 18.1 Å². The highest BCUT2D eigenvalue weighted by Crippen LogP contribution is 2.45. The summed E-state index contributed by atoms with van der Waals surface area (Å²) in [4.78, 5) is 0. The summed E-state index contributed by atoms with van der Waals surface area (Å²) in [6, 6.07) is 3.09. The van der Waals surface area contributed by atoms with Crippen molar-refractivity contribution < 1.29 is 17.9 Å². The van der Waals surface area contributed by atoms with E-state index in [1.165, 1.54) is 6.07 Å². The van der Waals surface area contributed by atoms with E-state index in [1.54, 1.807) is 6.92 Å². The molecule has 0 aromatic heterocycles. The van der Waals surface area contributed by atoms with Gasteiger partial charge in [0.1, 0.15) is 0 Å². The molecule has 19 heavy (non-hydrogen) atoms. The van der Waals surface area contributed by atoms with Crippen LogP contribution in [0.15, 0.2) is 12.1 Å². The second-order valence-corrected chi connectivity index (χ2v) is 5.66. The van der Waals surface area contributed by atoms with E-state index in [2.05, 4.69) is 5.32 Å². The number of aryl methyl sites for hydroxylation is 1. The van der Waals surface area contributed by atoms with Crippen molar-refractivity contribution in [2.45, 2.75) is 38.1 Å². The lowest BCUT2D eigenvalue weighted by Crippen LogP contribution is -2.40. The van der Waals surface area contributed by atoms with Crippen molar-refractivity contribution in [3.63, 3.8) is 0 Å². The molecular weight excluding hydrogens is 255 g/mol. The molecule has 2 aliphatic rings. The predicted octanol–water partition coefficient (Wildman–Crippen LogP) is 2.99. The Morgan fingerprint density at radius 1 is 1.37 bits per heavy atom. The molecule has 1 aromatic carbocycles. The lowest BCUT2D eigenvalue weighted by Gasteiger charge is -2.38. The summed E-state index contributed by atoms with van der Waals surface area (Å²) in [5.74, 6) is -0.00255. The minimum absolute atomic E-state index is 0.00255. The maximum Gasteiger partial charge on any atom is 0.416 e. The zero-order chi connectivity index (χ0) is 13.8. The fourth-order valence-corrected chi connectivity index (χ4v) is 3.20. The molecule has 0 saturated carbocycles. The summed E-state index contributed by atoms with van der Waals surface area (Å²) in [6.07, 6.45) is -4.32. The molecule has 5 heteroatoms. The van der Waals surface area contributed by atoms with Crippen molar-refractivity contribution in [2.75, 3.05) is 13.1 Å². The summed E-state index contributed by atoms with van der Waals surface area (Å²) < 4.78 is 45.1. The molecule has 0 aliphatic carbocycles. The third-order valence-corrected chi connectivity index (χ3v) is 4.22. The Morgan fingerprint density at radius 3 is 2.79 bits per heavy atom. The monoisotopic (exact) mass is 271 g/mol. The molecule has 1 saturated heterocycles. The van der Waals surface area contributed by atoms with Crippen LogP contribution in [0.1, 0.15) is 35.1 Å². The van der Waals surface area contributed by atoms with Crippen LogP contribution in [-0.4, -0.2) is 18.7 Å². The fraction of sp³-hybridized carbons (Fsp3) is 0.571. The van der Waals surface area contributed by atoms with Crippen LogP contribution in [0.2, 0.25) is 0 Å². The van der Waals surface area contributed by atoms with Gasteiger partial charge in [-0.1, -0.05) is 11.6 Å². The molecule has 2 unspecified atom stereocenters. The maximum atomic E-state index is 13.1. The Balaban J connectivity index is 2.18. The number of ether oxygens (including phenoxy) is 1. The summed E-state index contributed by atoms with van der Waals surface area (Å²) in [5, 5.41) is 3.22. The normalized spacial score (nSPS) is 30.1. The number of nitrogens with one attached hydrogen (secondary N) is 1. The molecule has 2 nitrogen and oxygen atoms in total. The molecule has 1 N–H and O–H groups in total. The first-order valence-electron chi connectivity index (χ1n) is 6.36. The van der Waals surface area contributed by atoms with E-state index in [0.717, 1.165) is 5.56 Å². The molecule has 1 fully saturated rings. The van der Waals surface area contributed by atoms with Gasteiger partial charge in [0, 0.05) is 19.0 Å². The van der Waals surface area contributed by atoms with E-state index in [1.807, 2.05) is 13.0 Å². The van der Waals surface area contributed by atoms with Gasteiger partial charge in [0.2, 0.25) is 0 Å². The van der Waals surface area contributed by atoms with Crippen molar-refractivity contribution in [3.05, 3.63) is 34.4 Å². The quantitative estimate of drug-likeness (QED) is 0.783. The van der Waals surface area contributed by atoms with Crippen molar-refractivity contribution in [1.29, 1.82) is 0 Å². The van der Waals surface area contributed by atoms with Gasteiger partial charge < -0.3 is 10.1 Å². The van der Waals surface area contributed by atoms with Crippen LogP contribution >= 0.6 is 0 Å². The van der Waals surface area contributed by atoms with Gasteiger partial charge in [-0.15, -0.1) is 0 Å². The number of benzene rings is 1. The first-order chi connectivity index (χ1) is 8.81. The van der Waals surface area contributed by atoms with Crippen molar-refractivity contribution in [2.24, 2.45) is 0 Å². The molecule has 3 rings (SSSR count). The zero-order valence-corrected chi connectivity index (χ0v) is 10.9. The van der Waals surface area contributed by atoms with E-state index < -0.39 is 11.7 Å². The largest absolute Gasteiger partial charge is 0.416 e. The van der Waals surface area contributed by atoms with Crippen LogP contribution in [0.5, 0.6) is 0 Å². The lowest BCUT2D eigenvalue weighted by molar-refractivity contribution is -0.141. The second kappa shape index (κ2) is 3.96. The minimum atomic E-state index is -4.32. The Morgan fingerprint density at radius 2 is 2.11 bits per heavy atom. The average Bonchev–Trinajstić information content (AvgIpc) is 2.69. The number of fused-ring (bicyclic) bond motifs is 3. The van der Waals surface area contributed by atoms with E-state index in [0.29, 0.717) is 24.2 Å². The third-order valence-electron chi connectivity index (χ3n) is 4.22. The Kier molecular flexibility index (Phi) is 2.70. The van der Waals surface area contributed by atoms with Gasteiger partial charge in [0.25, 0.3) is 0 Å². The van der Waals surface area contributed by atoms with E-state index >= 15 is 0 Å². The molecule has 0 radical (unpaired) electrons. The average molecular weight is 271 g/mol. The van der Waals surface area contributed by atoms with Gasteiger partial charge in [-0.3, -0.25) is 0 Å². The lowest BCUT2D eigenvalue weighted by atomic mass is 9.79. The summed E-state index contributed by atoms with van der Waals surface area (Å²) >= 11 is 0. The van der Waals surface area contributed by atoms with Gasteiger partial charge in [-0.2, -0.15) is 13.2 Å². The van der Waals surface area contributed by atoms with Crippen LogP contribution < -0.4 is 5.32 Å². The highest BCUT2D eigenvalue weighted by atomic mass is 19.4. The van der Waals surface area contributed by atoms with Crippen LogP contribution in [0.4, 0.5) is 13.2 Å². The molecular formula is C14H16F3NO. The van der Waals surface area contributed by atoms with Crippen molar-refractivity contribution in [1.82, 2.24) is 5.32 Å². The topological polar surface area (TPSA) is 21.3 Å². The van der Waals surface area contributed by atoms with Gasteiger partial charge in [-0.25, -0.2) is 0 Å².